The molecule has 0 unspecified atom stereocenters. The first-order chi connectivity index (χ1) is 13.8. The third-order valence-corrected chi connectivity index (χ3v) is 5.07. The minimum absolute atomic E-state index is 0.105. The van der Waals surface area contributed by atoms with E-state index in [-0.39, 0.29) is 11.8 Å². The number of aryl methyl sites for hydroxylation is 1. The SMILES string of the molecule is CCCc1ccc(Nc2ncc(C(F)(F)F)c(N(C)c3ccc(I)cc3)n2)cc1. The molecule has 29 heavy (non-hydrogen) atoms. The van der Waals surface area contributed by atoms with Crippen LogP contribution in [0.25, 0.3) is 0 Å². The van der Waals surface area contributed by atoms with Gasteiger partial charge in [0.2, 0.25) is 5.95 Å². The maximum absolute atomic E-state index is 13.5. The van der Waals surface area contributed by atoms with Crippen molar-refractivity contribution < 1.29 is 13.2 Å². The fourth-order valence-electron chi connectivity index (χ4n) is 2.85. The van der Waals surface area contributed by atoms with Gasteiger partial charge in [0.05, 0.1) is 0 Å². The maximum atomic E-state index is 13.5. The molecule has 0 spiro atoms. The number of anilines is 4. The molecule has 0 aliphatic carbocycles. The Hall–Kier alpha value is -2.36. The molecule has 152 valence electrons. The predicted molar refractivity (Wildman–Crippen MR) is 118 cm³/mol. The topological polar surface area (TPSA) is 41.1 Å². The van der Waals surface area contributed by atoms with Crippen molar-refractivity contribution >= 4 is 45.7 Å². The van der Waals surface area contributed by atoms with Gasteiger partial charge < -0.3 is 10.2 Å². The highest BCUT2D eigenvalue weighted by molar-refractivity contribution is 14.1. The molecule has 0 aliphatic rings. The van der Waals surface area contributed by atoms with Gasteiger partial charge in [0.1, 0.15) is 5.56 Å². The van der Waals surface area contributed by atoms with E-state index in [0.717, 1.165) is 22.6 Å². The zero-order valence-electron chi connectivity index (χ0n) is 16.0. The Morgan fingerprint density at radius 1 is 1.03 bits per heavy atom. The van der Waals surface area contributed by atoms with Gasteiger partial charge in [-0.25, -0.2) is 4.98 Å². The van der Waals surface area contributed by atoms with E-state index in [4.69, 9.17) is 0 Å². The molecule has 0 saturated carbocycles. The molecular weight excluding hydrogens is 492 g/mol. The zero-order chi connectivity index (χ0) is 21.0. The van der Waals surface area contributed by atoms with Crippen LogP contribution in [0.1, 0.15) is 24.5 Å². The third kappa shape index (κ3) is 5.37. The summed E-state index contributed by atoms with van der Waals surface area (Å²) in [5.41, 5.74) is 1.63. The first-order valence-corrected chi connectivity index (χ1v) is 10.2. The molecule has 0 aliphatic heterocycles. The Kier molecular flexibility index (Phi) is 6.61. The minimum atomic E-state index is -4.56. The molecule has 2 aromatic carbocycles. The summed E-state index contributed by atoms with van der Waals surface area (Å²) < 4.78 is 41.6. The molecular formula is C21H20F3IN4. The summed E-state index contributed by atoms with van der Waals surface area (Å²) in [5.74, 6) is -0.104. The fraction of sp³-hybridized carbons (Fsp3) is 0.238. The van der Waals surface area contributed by atoms with Crippen LogP contribution < -0.4 is 10.2 Å². The number of nitrogens with zero attached hydrogens (tertiary/aromatic N) is 3. The number of halogens is 4. The summed E-state index contributed by atoms with van der Waals surface area (Å²) in [6.45, 7) is 2.11. The van der Waals surface area contributed by atoms with Gasteiger partial charge in [-0.05, 0) is 71.0 Å². The van der Waals surface area contributed by atoms with Crippen LogP contribution in [-0.4, -0.2) is 17.0 Å². The van der Waals surface area contributed by atoms with Crippen molar-refractivity contribution in [2.75, 3.05) is 17.3 Å². The second-order valence-corrected chi connectivity index (χ2v) is 7.78. The van der Waals surface area contributed by atoms with E-state index in [1.165, 1.54) is 10.5 Å². The molecule has 0 atom stereocenters. The van der Waals surface area contributed by atoms with Crippen molar-refractivity contribution in [1.82, 2.24) is 9.97 Å². The number of aromatic nitrogens is 2. The van der Waals surface area contributed by atoms with E-state index in [1.807, 2.05) is 36.4 Å². The first-order valence-electron chi connectivity index (χ1n) is 9.07. The molecule has 1 N–H and O–H groups in total. The van der Waals surface area contributed by atoms with Crippen LogP contribution in [0.4, 0.5) is 36.3 Å². The van der Waals surface area contributed by atoms with Crippen LogP contribution in [0, 0.1) is 3.57 Å². The van der Waals surface area contributed by atoms with Gasteiger partial charge >= 0.3 is 6.18 Å². The van der Waals surface area contributed by atoms with Gasteiger partial charge in [-0.2, -0.15) is 18.2 Å². The Morgan fingerprint density at radius 3 is 2.28 bits per heavy atom. The largest absolute Gasteiger partial charge is 0.421 e. The van der Waals surface area contributed by atoms with Crippen molar-refractivity contribution in [1.29, 1.82) is 0 Å². The van der Waals surface area contributed by atoms with Gasteiger partial charge in [0.25, 0.3) is 0 Å². The standard InChI is InChI=1S/C21H20F3IN4/c1-3-4-14-5-9-16(10-6-14)27-20-26-13-18(21(22,23)24)19(28-20)29(2)17-11-7-15(25)8-12-17/h5-13H,3-4H2,1-2H3,(H,26,27,28). The average molecular weight is 512 g/mol. The number of rotatable bonds is 6. The molecule has 0 radical (unpaired) electrons. The van der Waals surface area contributed by atoms with E-state index in [0.29, 0.717) is 11.4 Å². The Balaban J connectivity index is 1.94. The minimum Gasteiger partial charge on any atom is -0.329 e. The van der Waals surface area contributed by atoms with Crippen LogP contribution >= 0.6 is 22.6 Å². The van der Waals surface area contributed by atoms with Crippen molar-refractivity contribution in [2.45, 2.75) is 25.9 Å². The summed E-state index contributed by atoms with van der Waals surface area (Å²) >= 11 is 2.15. The van der Waals surface area contributed by atoms with Crippen molar-refractivity contribution in [3.8, 4) is 0 Å². The first kappa shape index (κ1) is 21.4. The molecule has 3 aromatic rings. The van der Waals surface area contributed by atoms with Crippen LogP contribution in [-0.2, 0) is 12.6 Å². The molecule has 0 bridgehead atoms. The normalized spacial score (nSPS) is 11.4. The number of nitrogens with one attached hydrogen (secondary N) is 1. The number of hydrogen-bond donors (Lipinski definition) is 1. The quantitative estimate of drug-likeness (QED) is 0.380. The van der Waals surface area contributed by atoms with Crippen molar-refractivity contribution in [3.05, 3.63) is 69.4 Å². The van der Waals surface area contributed by atoms with Crippen LogP contribution in [0.2, 0.25) is 0 Å². The molecule has 0 saturated heterocycles. The van der Waals surface area contributed by atoms with Gasteiger partial charge in [-0.15, -0.1) is 0 Å². The van der Waals surface area contributed by atoms with E-state index in [2.05, 4.69) is 44.8 Å². The number of benzene rings is 2. The highest BCUT2D eigenvalue weighted by Crippen LogP contribution is 2.37. The summed E-state index contributed by atoms with van der Waals surface area (Å²) in [5, 5.41) is 2.99. The molecule has 8 heteroatoms. The highest BCUT2D eigenvalue weighted by Gasteiger charge is 2.36. The zero-order valence-corrected chi connectivity index (χ0v) is 18.1. The molecule has 1 aromatic heterocycles. The number of alkyl halides is 3. The predicted octanol–water partition coefficient (Wildman–Crippen LogP) is 6.56. The van der Waals surface area contributed by atoms with Crippen LogP contribution in [0.5, 0.6) is 0 Å². The highest BCUT2D eigenvalue weighted by atomic mass is 127. The van der Waals surface area contributed by atoms with Gasteiger partial charge in [-0.3, -0.25) is 0 Å². The van der Waals surface area contributed by atoms with E-state index in [1.54, 1.807) is 19.2 Å². The average Bonchev–Trinajstić information content (AvgIpc) is 2.69. The van der Waals surface area contributed by atoms with Gasteiger partial charge in [0, 0.05) is 28.2 Å². The van der Waals surface area contributed by atoms with Crippen molar-refractivity contribution in [2.24, 2.45) is 0 Å². The van der Waals surface area contributed by atoms with Gasteiger partial charge in [-0.1, -0.05) is 25.5 Å². The maximum Gasteiger partial charge on any atom is 0.421 e. The lowest BCUT2D eigenvalue weighted by molar-refractivity contribution is -0.137. The smallest absolute Gasteiger partial charge is 0.329 e. The summed E-state index contributed by atoms with van der Waals surface area (Å²) in [6.07, 6.45) is -1.72. The van der Waals surface area contributed by atoms with Crippen molar-refractivity contribution in [3.63, 3.8) is 0 Å². The monoisotopic (exact) mass is 512 g/mol. The summed E-state index contributed by atoms with van der Waals surface area (Å²) in [7, 11) is 1.56. The Bertz CT molecular complexity index is 957. The molecule has 3 rings (SSSR count). The fourth-order valence-corrected chi connectivity index (χ4v) is 3.21. The number of hydrogen-bond acceptors (Lipinski definition) is 4. The second-order valence-electron chi connectivity index (χ2n) is 6.54. The Labute approximate surface area is 181 Å². The third-order valence-electron chi connectivity index (χ3n) is 4.35. The van der Waals surface area contributed by atoms with Crippen LogP contribution in [0.3, 0.4) is 0 Å². The lowest BCUT2D eigenvalue weighted by Crippen LogP contribution is -2.19. The lowest BCUT2D eigenvalue weighted by Gasteiger charge is -2.23. The van der Waals surface area contributed by atoms with Gasteiger partial charge in [0.15, 0.2) is 5.82 Å². The second kappa shape index (κ2) is 8.98. The molecule has 1 heterocycles. The van der Waals surface area contributed by atoms with E-state index < -0.39 is 11.7 Å². The molecule has 4 nitrogen and oxygen atoms in total. The van der Waals surface area contributed by atoms with Crippen LogP contribution in [0.15, 0.2) is 54.7 Å². The molecule has 0 amide bonds. The summed E-state index contributed by atoms with van der Waals surface area (Å²) in [4.78, 5) is 9.47. The van der Waals surface area contributed by atoms with E-state index >= 15 is 0 Å². The summed E-state index contributed by atoms with van der Waals surface area (Å²) in [6, 6.07) is 14.9. The van der Waals surface area contributed by atoms with E-state index in [9.17, 15) is 13.2 Å². The Morgan fingerprint density at radius 2 is 1.69 bits per heavy atom. The molecule has 0 fully saturated rings. The lowest BCUT2D eigenvalue weighted by atomic mass is 10.1.